The molecule has 0 amide bonds. The average molecular weight is 222 g/mol. The number of Topliss-reactive ketones (excluding diaryl/α,β-unsaturated/α-hetero) is 1. The third-order valence-electron chi connectivity index (χ3n) is 2.54. The summed E-state index contributed by atoms with van der Waals surface area (Å²) >= 11 is 0. The first kappa shape index (κ1) is 14.1. The lowest BCUT2D eigenvalue weighted by Gasteiger charge is -2.24. The molecule has 2 unspecified atom stereocenters. The Kier molecular flexibility index (Phi) is 5.18. The van der Waals surface area contributed by atoms with Crippen molar-refractivity contribution >= 4 is 11.8 Å². The van der Waals surface area contributed by atoms with E-state index in [4.69, 9.17) is 16.6 Å². The Bertz CT molecular complexity index is 350. The second-order valence-corrected chi connectivity index (χ2v) is 3.26. The Balaban J connectivity index is 5.52. The van der Waals surface area contributed by atoms with Gasteiger partial charge in [-0.15, -0.1) is 0 Å². The van der Waals surface area contributed by atoms with Crippen LogP contribution in [0.5, 0.6) is 0 Å². The van der Waals surface area contributed by atoms with Gasteiger partial charge in [0.25, 0.3) is 0 Å². The van der Waals surface area contributed by atoms with Crippen LogP contribution in [-0.2, 0) is 14.3 Å². The molecule has 2 atom stereocenters. The van der Waals surface area contributed by atoms with Gasteiger partial charge in [-0.3, -0.25) is 14.4 Å². The van der Waals surface area contributed by atoms with Crippen LogP contribution in [0.15, 0.2) is 0 Å². The SMILES string of the molecule is [C-]#[N+]C(C#N)C(CC)(C(C)=O)C(=O)OCC. The number of nitriles is 1. The molecule has 0 aromatic rings. The standard InChI is InChI=1S/C11H14N2O3/c1-5-11(8(3)14,9(7-12)13-4)10(15)16-6-2/h9H,5-6H2,1-3H3. The van der Waals surface area contributed by atoms with Crippen molar-refractivity contribution in [1.82, 2.24) is 0 Å². The van der Waals surface area contributed by atoms with Crippen molar-refractivity contribution in [2.75, 3.05) is 6.61 Å². The molecule has 0 aliphatic heterocycles. The van der Waals surface area contributed by atoms with Crippen LogP contribution in [0.1, 0.15) is 27.2 Å². The normalized spacial score (nSPS) is 15.1. The van der Waals surface area contributed by atoms with Crippen molar-refractivity contribution in [3.63, 3.8) is 0 Å². The van der Waals surface area contributed by atoms with Crippen molar-refractivity contribution in [3.8, 4) is 6.07 Å². The Labute approximate surface area is 94.8 Å². The summed E-state index contributed by atoms with van der Waals surface area (Å²) in [7, 11) is 0. The molecule has 86 valence electrons. The predicted molar refractivity (Wildman–Crippen MR) is 56.0 cm³/mol. The van der Waals surface area contributed by atoms with E-state index in [1.165, 1.54) is 6.92 Å². The van der Waals surface area contributed by atoms with Gasteiger partial charge < -0.3 is 4.74 Å². The fraction of sp³-hybridized carbons (Fsp3) is 0.636. The number of carbonyl (C=O) groups is 2. The van der Waals surface area contributed by atoms with E-state index in [-0.39, 0.29) is 13.0 Å². The quantitative estimate of drug-likeness (QED) is 0.400. The lowest BCUT2D eigenvalue weighted by Crippen LogP contribution is -2.46. The predicted octanol–water partition coefficient (Wildman–Crippen LogP) is 1.35. The monoisotopic (exact) mass is 222 g/mol. The van der Waals surface area contributed by atoms with Gasteiger partial charge in [-0.25, -0.2) is 6.57 Å². The number of nitrogens with zero attached hydrogens (tertiary/aromatic N) is 2. The van der Waals surface area contributed by atoms with Crippen molar-refractivity contribution < 1.29 is 14.3 Å². The van der Waals surface area contributed by atoms with Crippen LogP contribution in [-0.4, -0.2) is 24.4 Å². The van der Waals surface area contributed by atoms with E-state index in [1.54, 1.807) is 19.9 Å². The van der Waals surface area contributed by atoms with Gasteiger partial charge in [0.2, 0.25) is 5.41 Å². The molecule has 0 aromatic carbocycles. The van der Waals surface area contributed by atoms with Crippen molar-refractivity contribution in [3.05, 3.63) is 11.4 Å². The van der Waals surface area contributed by atoms with Gasteiger partial charge in [-0.1, -0.05) is 6.92 Å². The van der Waals surface area contributed by atoms with Crippen molar-refractivity contribution in [1.29, 1.82) is 5.26 Å². The van der Waals surface area contributed by atoms with Gasteiger partial charge in [0.1, 0.15) is 0 Å². The third-order valence-corrected chi connectivity index (χ3v) is 2.54. The number of rotatable bonds is 5. The minimum atomic E-state index is -1.65. The number of ketones is 1. The molecule has 0 N–H and O–H groups in total. The molecule has 0 saturated heterocycles. The van der Waals surface area contributed by atoms with E-state index in [0.29, 0.717) is 0 Å². The van der Waals surface area contributed by atoms with Crippen LogP contribution in [0.4, 0.5) is 0 Å². The molecule has 5 heteroatoms. The highest BCUT2D eigenvalue weighted by atomic mass is 16.5. The molecule has 0 aromatic heterocycles. The fourth-order valence-corrected chi connectivity index (χ4v) is 1.54. The molecule has 5 nitrogen and oxygen atoms in total. The maximum Gasteiger partial charge on any atom is 0.330 e. The molecule has 0 heterocycles. The molecular weight excluding hydrogens is 208 g/mol. The van der Waals surface area contributed by atoms with Crippen LogP contribution >= 0.6 is 0 Å². The van der Waals surface area contributed by atoms with Crippen LogP contribution in [0.2, 0.25) is 0 Å². The number of hydrogen-bond donors (Lipinski definition) is 0. The molecular formula is C11H14N2O3. The summed E-state index contributed by atoms with van der Waals surface area (Å²) in [6.45, 7) is 11.4. The number of ether oxygens (including phenoxy) is 1. The summed E-state index contributed by atoms with van der Waals surface area (Å²) in [4.78, 5) is 26.4. The highest BCUT2D eigenvalue weighted by Gasteiger charge is 2.55. The minimum absolute atomic E-state index is 0.0851. The summed E-state index contributed by atoms with van der Waals surface area (Å²) in [6, 6.07) is 0.363. The van der Waals surface area contributed by atoms with Gasteiger partial charge in [-0.05, 0) is 20.3 Å². The molecule has 0 fully saturated rings. The van der Waals surface area contributed by atoms with Gasteiger partial charge in [0.15, 0.2) is 11.9 Å². The van der Waals surface area contributed by atoms with Crippen LogP contribution in [0, 0.1) is 23.3 Å². The Morgan fingerprint density at radius 1 is 1.56 bits per heavy atom. The van der Waals surface area contributed by atoms with E-state index < -0.39 is 23.2 Å². The molecule has 0 bridgehead atoms. The summed E-state index contributed by atoms with van der Waals surface area (Å²) in [5, 5.41) is 8.84. The second-order valence-electron chi connectivity index (χ2n) is 3.26. The first-order chi connectivity index (χ1) is 7.50. The van der Waals surface area contributed by atoms with Gasteiger partial charge in [-0.2, -0.15) is 5.26 Å². The smallest absolute Gasteiger partial charge is 0.330 e. The fourth-order valence-electron chi connectivity index (χ4n) is 1.54. The van der Waals surface area contributed by atoms with Crippen molar-refractivity contribution in [2.24, 2.45) is 5.41 Å². The largest absolute Gasteiger partial charge is 0.465 e. The van der Waals surface area contributed by atoms with Gasteiger partial charge >= 0.3 is 12.0 Å². The summed E-state index contributed by atoms with van der Waals surface area (Å²) in [5.74, 6) is -1.29. The molecule has 0 aliphatic rings. The minimum Gasteiger partial charge on any atom is -0.465 e. The Morgan fingerprint density at radius 3 is 2.38 bits per heavy atom. The third kappa shape index (κ3) is 2.20. The van der Waals surface area contributed by atoms with E-state index >= 15 is 0 Å². The van der Waals surface area contributed by atoms with Gasteiger partial charge in [0.05, 0.1) is 6.61 Å². The average Bonchev–Trinajstić information content (AvgIpc) is 2.25. The molecule has 0 rings (SSSR count). The highest BCUT2D eigenvalue weighted by molar-refractivity contribution is 6.04. The van der Waals surface area contributed by atoms with Gasteiger partial charge in [0, 0.05) is 0 Å². The molecule has 0 saturated carbocycles. The number of esters is 1. The number of hydrogen-bond acceptors (Lipinski definition) is 4. The maximum absolute atomic E-state index is 11.8. The lowest BCUT2D eigenvalue weighted by atomic mass is 9.75. The summed E-state index contributed by atoms with van der Waals surface area (Å²) in [6.07, 6.45) is 0.0851. The zero-order valence-corrected chi connectivity index (χ0v) is 9.61. The maximum atomic E-state index is 11.8. The van der Waals surface area contributed by atoms with E-state index in [9.17, 15) is 9.59 Å². The second kappa shape index (κ2) is 5.87. The van der Waals surface area contributed by atoms with Crippen LogP contribution in [0.25, 0.3) is 4.85 Å². The van der Waals surface area contributed by atoms with Crippen molar-refractivity contribution in [2.45, 2.75) is 33.2 Å². The lowest BCUT2D eigenvalue weighted by molar-refractivity contribution is -0.159. The van der Waals surface area contributed by atoms with Crippen LogP contribution < -0.4 is 0 Å². The summed E-state index contributed by atoms with van der Waals surface area (Å²) in [5.41, 5.74) is -1.65. The molecule has 0 aliphatic carbocycles. The van der Waals surface area contributed by atoms with E-state index in [2.05, 4.69) is 4.85 Å². The van der Waals surface area contributed by atoms with E-state index in [0.717, 1.165) is 0 Å². The van der Waals surface area contributed by atoms with E-state index in [1.807, 2.05) is 0 Å². The molecule has 16 heavy (non-hydrogen) atoms. The Hall–Kier alpha value is -1.88. The summed E-state index contributed by atoms with van der Waals surface area (Å²) < 4.78 is 4.79. The topological polar surface area (TPSA) is 71.5 Å². The zero-order chi connectivity index (χ0) is 12.8. The first-order valence-corrected chi connectivity index (χ1v) is 4.95. The number of carbonyl (C=O) groups excluding carboxylic acids is 2. The Morgan fingerprint density at radius 2 is 2.12 bits per heavy atom. The molecule has 0 spiro atoms. The van der Waals surface area contributed by atoms with Crippen LogP contribution in [0.3, 0.4) is 0 Å². The zero-order valence-electron chi connectivity index (χ0n) is 9.61. The molecule has 0 radical (unpaired) electrons. The highest BCUT2D eigenvalue weighted by Crippen LogP contribution is 2.31. The first-order valence-electron chi connectivity index (χ1n) is 4.95.